The maximum absolute atomic E-state index is 13.1. The van der Waals surface area contributed by atoms with E-state index < -0.39 is 0 Å². The van der Waals surface area contributed by atoms with Crippen LogP contribution in [-0.2, 0) is 4.79 Å². The van der Waals surface area contributed by atoms with E-state index in [2.05, 4.69) is 9.97 Å². The van der Waals surface area contributed by atoms with Crippen LogP contribution >= 0.6 is 11.8 Å². The Bertz CT molecular complexity index is 681. The van der Waals surface area contributed by atoms with E-state index in [1.54, 1.807) is 6.07 Å². The topological polar surface area (TPSA) is 72.1 Å². The van der Waals surface area contributed by atoms with Crippen molar-refractivity contribution < 1.29 is 4.79 Å². The van der Waals surface area contributed by atoms with Crippen molar-refractivity contribution in [3.8, 4) is 0 Å². The molecule has 0 unspecified atom stereocenters. The zero-order chi connectivity index (χ0) is 16.9. The van der Waals surface area contributed by atoms with Gasteiger partial charge in [0.15, 0.2) is 5.16 Å². The Morgan fingerprint density at radius 1 is 1.17 bits per heavy atom. The van der Waals surface area contributed by atoms with Gasteiger partial charge in [-0.1, -0.05) is 42.1 Å². The highest BCUT2D eigenvalue weighted by molar-refractivity contribution is 8.00. The van der Waals surface area contributed by atoms with Crippen LogP contribution in [0.4, 0.5) is 5.82 Å². The number of benzene rings is 1. The van der Waals surface area contributed by atoms with E-state index >= 15 is 0 Å². The molecule has 1 amide bonds. The quantitative estimate of drug-likeness (QED) is 0.682. The Morgan fingerprint density at radius 2 is 1.88 bits per heavy atom. The van der Waals surface area contributed by atoms with Crippen LogP contribution in [0, 0.1) is 6.92 Å². The third-order valence-electron chi connectivity index (χ3n) is 4.07. The second-order valence-electron chi connectivity index (χ2n) is 6.01. The maximum Gasteiger partial charge on any atom is 0.240 e. The first-order valence-corrected chi connectivity index (χ1v) is 9.13. The molecule has 1 aromatic carbocycles. The molecule has 1 aliphatic heterocycles. The van der Waals surface area contributed by atoms with Crippen LogP contribution in [0.3, 0.4) is 0 Å². The third kappa shape index (κ3) is 4.06. The molecular formula is C18H22N4OS. The van der Waals surface area contributed by atoms with Gasteiger partial charge in [-0.2, -0.15) is 0 Å². The van der Waals surface area contributed by atoms with Gasteiger partial charge in [-0.15, -0.1) is 0 Å². The summed E-state index contributed by atoms with van der Waals surface area (Å²) in [6.45, 7) is 3.55. The summed E-state index contributed by atoms with van der Waals surface area (Å²) in [4.78, 5) is 23.8. The number of hydrogen-bond donors (Lipinski definition) is 1. The van der Waals surface area contributed by atoms with Gasteiger partial charge in [-0.3, -0.25) is 4.79 Å². The van der Waals surface area contributed by atoms with Gasteiger partial charge in [0, 0.05) is 24.8 Å². The molecule has 0 radical (unpaired) electrons. The van der Waals surface area contributed by atoms with Crippen molar-refractivity contribution in [2.24, 2.45) is 0 Å². The van der Waals surface area contributed by atoms with Gasteiger partial charge in [0.05, 0.1) is 0 Å². The second kappa shape index (κ2) is 7.66. The normalized spacial score (nSPS) is 16.0. The molecule has 3 rings (SSSR count). The monoisotopic (exact) mass is 342 g/mol. The summed E-state index contributed by atoms with van der Waals surface area (Å²) in [5, 5.41) is 0.206. The molecule has 6 heteroatoms. The fourth-order valence-corrected chi connectivity index (χ4v) is 4.00. The van der Waals surface area contributed by atoms with Crippen molar-refractivity contribution in [3.05, 3.63) is 47.7 Å². The van der Waals surface area contributed by atoms with E-state index in [4.69, 9.17) is 5.73 Å². The predicted octanol–water partition coefficient (Wildman–Crippen LogP) is 3.21. The number of thioether (sulfide) groups is 1. The predicted molar refractivity (Wildman–Crippen MR) is 96.7 cm³/mol. The highest BCUT2D eigenvalue weighted by Crippen LogP contribution is 2.36. The van der Waals surface area contributed by atoms with Crippen LogP contribution in [0.15, 0.2) is 41.6 Å². The molecule has 5 nitrogen and oxygen atoms in total. The number of anilines is 1. The minimum Gasteiger partial charge on any atom is -0.384 e. The standard InChI is InChI=1S/C18H22N4OS/c1-13-12-15(19)21-18(20-13)24-16(14-8-4-2-5-9-14)17(23)22-10-6-3-7-11-22/h2,4-5,8-9,12,16H,3,6-7,10-11H2,1H3,(H2,19,20,21)/t16-/m1/s1. The number of nitrogen functional groups attached to an aromatic ring is 1. The molecule has 0 saturated carbocycles. The fraction of sp³-hybridized carbons (Fsp3) is 0.389. The molecule has 2 heterocycles. The molecule has 0 bridgehead atoms. The lowest BCUT2D eigenvalue weighted by molar-refractivity contribution is -0.131. The average Bonchev–Trinajstić information content (AvgIpc) is 2.60. The van der Waals surface area contributed by atoms with Crippen molar-refractivity contribution in [2.75, 3.05) is 18.8 Å². The van der Waals surface area contributed by atoms with Gasteiger partial charge >= 0.3 is 0 Å². The molecule has 1 atom stereocenters. The van der Waals surface area contributed by atoms with Crippen molar-refractivity contribution in [1.82, 2.24) is 14.9 Å². The number of aryl methyl sites for hydroxylation is 1. The minimum atomic E-state index is -0.342. The average molecular weight is 342 g/mol. The number of hydrogen-bond acceptors (Lipinski definition) is 5. The van der Waals surface area contributed by atoms with Gasteiger partial charge in [0.1, 0.15) is 11.1 Å². The smallest absolute Gasteiger partial charge is 0.240 e. The first kappa shape index (κ1) is 16.8. The van der Waals surface area contributed by atoms with Crippen molar-refractivity contribution in [3.63, 3.8) is 0 Å². The summed E-state index contributed by atoms with van der Waals surface area (Å²) in [5.41, 5.74) is 7.61. The van der Waals surface area contributed by atoms with Crippen LogP contribution in [-0.4, -0.2) is 33.9 Å². The Hall–Kier alpha value is -2.08. The Morgan fingerprint density at radius 3 is 2.54 bits per heavy atom. The molecule has 1 fully saturated rings. The number of nitrogens with zero attached hydrogens (tertiary/aromatic N) is 3. The van der Waals surface area contributed by atoms with Crippen molar-refractivity contribution in [2.45, 2.75) is 36.6 Å². The highest BCUT2D eigenvalue weighted by atomic mass is 32.2. The van der Waals surface area contributed by atoms with E-state index in [1.165, 1.54) is 18.2 Å². The number of rotatable bonds is 4. The van der Waals surface area contributed by atoms with Crippen molar-refractivity contribution >= 4 is 23.5 Å². The van der Waals surface area contributed by atoms with E-state index in [-0.39, 0.29) is 11.2 Å². The molecule has 0 spiro atoms. The Kier molecular flexibility index (Phi) is 5.35. The molecule has 1 aromatic heterocycles. The highest BCUT2D eigenvalue weighted by Gasteiger charge is 2.28. The Labute approximate surface area is 146 Å². The molecule has 126 valence electrons. The lowest BCUT2D eigenvalue weighted by Crippen LogP contribution is -2.38. The number of aromatic nitrogens is 2. The number of nitrogens with two attached hydrogens (primary N) is 1. The molecule has 1 saturated heterocycles. The first-order chi connectivity index (χ1) is 11.6. The van der Waals surface area contributed by atoms with Crippen molar-refractivity contribution in [1.29, 1.82) is 0 Å². The van der Waals surface area contributed by atoms with E-state index in [0.29, 0.717) is 11.0 Å². The minimum absolute atomic E-state index is 0.134. The van der Waals surface area contributed by atoms with Crippen LogP contribution < -0.4 is 5.73 Å². The molecule has 24 heavy (non-hydrogen) atoms. The summed E-state index contributed by atoms with van der Waals surface area (Å²) < 4.78 is 0. The zero-order valence-electron chi connectivity index (χ0n) is 13.8. The molecule has 2 aromatic rings. The summed E-state index contributed by atoms with van der Waals surface area (Å²) in [5.74, 6) is 0.566. The van der Waals surface area contributed by atoms with E-state index in [1.807, 2.05) is 42.2 Å². The van der Waals surface area contributed by atoms with Crippen LogP contribution in [0.2, 0.25) is 0 Å². The van der Waals surface area contributed by atoms with Gasteiger partial charge in [0.25, 0.3) is 0 Å². The first-order valence-electron chi connectivity index (χ1n) is 8.25. The Balaban J connectivity index is 1.88. The molecule has 2 N–H and O–H groups in total. The van der Waals surface area contributed by atoms with Crippen LogP contribution in [0.1, 0.15) is 35.8 Å². The lowest BCUT2D eigenvalue weighted by Gasteiger charge is -2.30. The lowest BCUT2D eigenvalue weighted by atomic mass is 10.1. The number of amides is 1. The van der Waals surface area contributed by atoms with E-state index in [0.717, 1.165) is 37.2 Å². The number of piperidine rings is 1. The summed E-state index contributed by atoms with van der Waals surface area (Å²) in [6.07, 6.45) is 3.35. The maximum atomic E-state index is 13.1. The number of carbonyl (C=O) groups excluding carboxylic acids is 1. The number of likely N-dealkylation sites (tertiary alicyclic amines) is 1. The largest absolute Gasteiger partial charge is 0.384 e. The van der Waals surface area contributed by atoms with Gasteiger partial charge in [-0.25, -0.2) is 9.97 Å². The molecule has 1 aliphatic rings. The summed E-state index contributed by atoms with van der Waals surface area (Å²) >= 11 is 1.38. The fourth-order valence-electron chi connectivity index (χ4n) is 2.89. The van der Waals surface area contributed by atoms with Gasteiger partial charge in [-0.05, 0) is 31.7 Å². The van der Waals surface area contributed by atoms with Gasteiger partial charge in [0.2, 0.25) is 5.91 Å². The summed E-state index contributed by atoms with van der Waals surface area (Å²) in [7, 11) is 0. The zero-order valence-corrected chi connectivity index (χ0v) is 14.6. The van der Waals surface area contributed by atoms with Crippen LogP contribution in [0.5, 0.6) is 0 Å². The van der Waals surface area contributed by atoms with Crippen LogP contribution in [0.25, 0.3) is 0 Å². The van der Waals surface area contributed by atoms with Gasteiger partial charge < -0.3 is 10.6 Å². The second-order valence-corrected chi connectivity index (χ2v) is 7.08. The molecule has 0 aliphatic carbocycles. The SMILES string of the molecule is Cc1cc(N)nc(S[C@@H](C(=O)N2CCCCC2)c2ccccc2)n1. The van der Waals surface area contributed by atoms with E-state index in [9.17, 15) is 4.79 Å². The molecular weight excluding hydrogens is 320 g/mol. The number of carbonyl (C=O) groups is 1. The summed E-state index contributed by atoms with van der Waals surface area (Å²) in [6, 6.07) is 11.6. The third-order valence-corrected chi connectivity index (χ3v) is 5.17.